The Hall–Kier alpha value is -5.26. The van der Waals surface area contributed by atoms with Crippen LogP contribution >= 0.6 is 11.3 Å². The van der Waals surface area contributed by atoms with E-state index in [1.165, 1.54) is 49.3 Å². The summed E-state index contributed by atoms with van der Waals surface area (Å²) in [6, 6.07) is 45.5. The number of rotatable bonds is 3. The molecule has 0 amide bonds. The second-order valence-electron chi connectivity index (χ2n) is 10.3. The molecule has 0 aliphatic heterocycles. The number of nitrogens with zero attached hydrogens (tertiary/aromatic N) is 4. The van der Waals surface area contributed by atoms with Gasteiger partial charge in [0.2, 0.25) is 0 Å². The van der Waals surface area contributed by atoms with Gasteiger partial charge in [0.05, 0.1) is 22.1 Å². The molecular weight excluding hydrogens is 520 g/mol. The number of benzene rings is 5. The van der Waals surface area contributed by atoms with Gasteiger partial charge in [-0.25, -0.2) is 9.97 Å². The summed E-state index contributed by atoms with van der Waals surface area (Å²) >= 11 is 1.63. The molecule has 4 aromatic heterocycles. The fraction of sp³-hybridized carbons (Fsp3) is 0. The van der Waals surface area contributed by atoms with Gasteiger partial charge in [0.15, 0.2) is 0 Å². The van der Waals surface area contributed by atoms with Crippen molar-refractivity contribution in [2.24, 2.45) is 0 Å². The van der Waals surface area contributed by atoms with E-state index in [4.69, 9.17) is 4.98 Å². The quantitative estimate of drug-likeness (QED) is 0.223. The second kappa shape index (κ2) is 8.62. The number of hydrogen-bond acceptors (Lipinski definition) is 3. The van der Waals surface area contributed by atoms with E-state index >= 15 is 0 Å². The summed E-state index contributed by atoms with van der Waals surface area (Å²) in [4.78, 5) is 10.2. The maximum absolute atomic E-state index is 4.81. The summed E-state index contributed by atoms with van der Waals surface area (Å²) in [5.74, 6) is 0. The van der Waals surface area contributed by atoms with Gasteiger partial charge >= 0.3 is 0 Å². The minimum absolute atomic E-state index is 0.942. The lowest BCUT2D eigenvalue weighted by molar-refractivity contribution is 1.17. The van der Waals surface area contributed by atoms with Crippen molar-refractivity contribution in [3.63, 3.8) is 0 Å². The normalized spacial score (nSPS) is 11.9. The molecule has 0 aliphatic rings. The Kier molecular flexibility index (Phi) is 4.74. The van der Waals surface area contributed by atoms with Crippen molar-refractivity contribution in [3.8, 4) is 21.9 Å². The van der Waals surface area contributed by atoms with Gasteiger partial charge in [-0.1, -0.05) is 65.9 Å². The number of pyridine rings is 1. The van der Waals surface area contributed by atoms with Crippen LogP contribution in [0.5, 0.6) is 0 Å². The molecule has 0 atom stereocenters. The summed E-state index contributed by atoms with van der Waals surface area (Å²) in [5, 5.41) is 5.98. The Morgan fingerprint density at radius 1 is 0.488 bits per heavy atom. The first kappa shape index (κ1) is 22.5. The Labute approximate surface area is 239 Å². The Morgan fingerprint density at radius 3 is 1.71 bits per heavy atom. The minimum atomic E-state index is 0.942. The molecule has 9 rings (SSSR count). The third-order valence-corrected chi connectivity index (χ3v) is 9.05. The Morgan fingerprint density at radius 2 is 1.07 bits per heavy atom. The van der Waals surface area contributed by atoms with E-state index < -0.39 is 0 Å². The maximum Gasteiger partial charge on any atom is 0.143 e. The van der Waals surface area contributed by atoms with E-state index in [0.717, 1.165) is 26.6 Å². The van der Waals surface area contributed by atoms with Crippen LogP contribution in [0.15, 0.2) is 134 Å². The summed E-state index contributed by atoms with van der Waals surface area (Å²) in [6.45, 7) is 0. The molecule has 192 valence electrons. The molecular formula is C36H22N4S. The summed E-state index contributed by atoms with van der Waals surface area (Å²) in [6.07, 6.45) is 1.82. The van der Waals surface area contributed by atoms with Crippen LogP contribution in [0.3, 0.4) is 0 Å². The van der Waals surface area contributed by atoms with Crippen LogP contribution < -0.4 is 0 Å². The number of fused-ring (bicyclic) bond motifs is 7. The van der Waals surface area contributed by atoms with Crippen molar-refractivity contribution in [3.05, 3.63) is 134 Å². The fourth-order valence-corrected chi connectivity index (χ4v) is 7.12. The molecule has 0 aliphatic carbocycles. The molecule has 0 bridgehead atoms. The molecule has 5 heteroatoms. The fourth-order valence-electron chi connectivity index (χ4n) is 6.21. The van der Waals surface area contributed by atoms with Crippen LogP contribution in [0.1, 0.15) is 0 Å². The summed E-state index contributed by atoms with van der Waals surface area (Å²) in [7, 11) is 0. The van der Waals surface area contributed by atoms with E-state index in [0.29, 0.717) is 0 Å². The topological polar surface area (TPSA) is 35.6 Å². The zero-order chi connectivity index (χ0) is 26.9. The highest BCUT2D eigenvalue weighted by Crippen LogP contribution is 2.40. The average Bonchev–Trinajstić information content (AvgIpc) is 3.71. The lowest BCUT2D eigenvalue weighted by Gasteiger charge is -2.09. The van der Waals surface area contributed by atoms with Crippen molar-refractivity contribution in [1.29, 1.82) is 0 Å². The zero-order valence-corrected chi connectivity index (χ0v) is 22.7. The SMILES string of the molecule is c1ccc(-n2c3ccccc3c3cc4c(cc32)c2ccccc2n4-c2ccc(-c3nc4cccnc4s3)cc2)cc1. The van der Waals surface area contributed by atoms with Crippen molar-refractivity contribution in [2.45, 2.75) is 0 Å². The first-order valence-corrected chi connectivity index (χ1v) is 14.5. The predicted octanol–water partition coefficient (Wildman–Crippen LogP) is 9.55. The first-order valence-electron chi connectivity index (χ1n) is 13.7. The third kappa shape index (κ3) is 3.33. The Balaban J connectivity index is 1.30. The van der Waals surface area contributed by atoms with Crippen molar-refractivity contribution in [2.75, 3.05) is 0 Å². The monoisotopic (exact) mass is 542 g/mol. The van der Waals surface area contributed by atoms with Crippen LogP contribution in [0, 0.1) is 0 Å². The highest BCUT2D eigenvalue weighted by molar-refractivity contribution is 7.21. The standard InChI is InChI=1S/C36H22N4S/c1-2-9-24(10-3-1)39-31-14-6-4-11-26(31)28-22-34-29(21-33(28)39)27-12-5-7-15-32(27)40(34)25-18-16-23(17-19-25)35-38-30-13-8-20-37-36(30)41-35/h1-22H. The molecule has 0 fully saturated rings. The third-order valence-electron chi connectivity index (χ3n) is 8.02. The Bertz CT molecular complexity index is 2380. The predicted molar refractivity (Wildman–Crippen MR) is 172 cm³/mol. The van der Waals surface area contributed by atoms with E-state index in [-0.39, 0.29) is 0 Å². The van der Waals surface area contributed by atoms with Crippen molar-refractivity contribution < 1.29 is 0 Å². The lowest BCUT2D eigenvalue weighted by Crippen LogP contribution is -1.94. The van der Waals surface area contributed by atoms with Gasteiger partial charge in [0, 0.05) is 44.7 Å². The number of para-hydroxylation sites is 3. The molecule has 0 radical (unpaired) electrons. The zero-order valence-electron chi connectivity index (χ0n) is 21.9. The lowest BCUT2D eigenvalue weighted by atomic mass is 10.1. The van der Waals surface area contributed by atoms with Gasteiger partial charge in [-0.05, 0) is 72.8 Å². The number of hydrogen-bond donors (Lipinski definition) is 0. The average molecular weight is 543 g/mol. The van der Waals surface area contributed by atoms with E-state index in [9.17, 15) is 0 Å². The van der Waals surface area contributed by atoms with Crippen molar-refractivity contribution in [1.82, 2.24) is 19.1 Å². The van der Waals surface area contributed by atoms with Gasteiger partial charge in [0.1, 0.15) is 15.4 Å². The van der Waals surface area contributed by atoms with Crippen LogP contribution in [0.2, 0.25) is 0 Å². The van der Waals surface area contributed by atoms with Crippen LogP contribution in [-0.2, 0) is 0 Å². The largest absolute Gasteiger partial charge is 0.309 e. The maximum atomic E-state index is 4.81. The van der Waals surface area contributed by atoms with Crippen LogP contribution in [-0.4, -0.2) is 19.1 Å². The number of thiazole rings is 1. The molecule has 0 saturated carbocycles. The second-order valence-corrected chi connectivity index (χ2v) is 11.3. The van der Waals surface area contributed by atoms with Gasteiger partial charge in [0.25, 0.3) is 0 Å². The smallest absolute Gasteiger partial charge is 0.143 e. The molecule has 4 nitrogen and oxygen atoms in total. The first-order chi connectivity index (χ1) is 20.3. The summed E-state index contributed by atoms with van der Waals surface area (Å²) in [5.41, 5.74) is 9.17. The molecule has 41 heavy (non-hydrogen) atoms. The minimum Gasteiger partial charge on any atom is -0.309 e. The van der Waals surface area contributed by atoms with Crippen LogP contribution in [0.4, 0.5) is 0 Å². The van der Waals surface area contributed by atoms with Gasteiger partial charge in [-0.15, -0.1) is 0 Å². The van der Waals surface area contributed by atoms with Gasteiger partial charge in [-0.3, -0.25) is 0 Å². The molecule has 0 N–H and O–H groups in total. The highest BCUT2D eigenvalue weighted by atomic mass is 32.1. The van der Waals surface area contributed by atoms with Gasteiger partial charge in [-0.2, -0.15) is 0 Å². The van der Waals surface area contributed by atoms with E-state index in [1.807, 2.05) is 18.3 Å². The van der Waals surface area contributed by atoms with E-state index in [2.05, 4.69) is 129 Å². The molecule has 9 aromatic rings. The van der Waals surface area contributed by atoms with E-state index in [1.54, 1.807) is 11.3 Å². The molecule has 0 spiro atoms. The molecule has 0 saturated heterocycles. The molecule has 5 aromatic carbocycles. The number of aromatic nitrogens is 4. The molecule has 4 heterocycles. The van der Waals surface area contributed by atoms with Crippen molar-refractivity contribution >= 4 is 65.3 Å². The molecule has 0 unspecified atom stereocenters. The van der Waals surface area contributed by atoms with Gasteiger partial charge < -0.3 is 9.13 Å². The highest BCUT2D eigenvalue weighted by Gasteiger charge is 2.18. The summed E-state index contributed by atoms with van der Waals surface area (Å²) < 4.78 is 4.78. The van der Waals surface area contributed by atoms with Crippen LogP contribution in [0.25, 0.3) is 75.9 Å².